The monoisotopic (exact) mass is 104 g/mol. The fourth-order valence-corrected chi connectivity index (χ4v) is 0.105. The highest BCUT2D eigenvalue weighted by Gasteiger charge is 1.54. The van der Waals surface area contributed by atoms with Crippen LogP contribution in [0.2, 0.25) is 0 Å². The van der Waals surface area contributed by atoms with Crippen LogP contribution >= 0.6 is 0 Å². The van der Waals surface area contributed by atoms with Crippen molar-refractivity contribution in [3.63, 3.8) is 0 Å². The maximum Gasteiger partial charge on any atom is 0.168 e. The van der Waals surface area contributed by atoms with E-state index in [4.69, 9.17) is 0 Å². The van der Waals surface area contributed by atoms with Crippen LogP contribution < -0.4 is 0 Å². The Morgan fingerprint density at radius 2 is 2.50 bits per heavy atom. The van der Waals surface area contributed by atoms with Gasteiger partial charge in [-0.05, 0) is 0 Å². The van der Waals surface area contributed by atoms with Crippen LogP contribution in [0.25, 0.3) is 0 Å². The molecule has 0 N–H and O–H groups in total. The van der Waals surface area contributed by atoms with Crippen LogP contribution in [0.1, 0.15) is 0 Å². The second-order valence-corrected chi connectivity index (χ2v) is 0.720. The molecule has 4 heteroatoms. The van der Waals surface area contributed by atoms with Crippen LogP contribution in [0.3, 0.4) is 0 Å². The Morgan fingerprint density at radius 1 is 1.83 bits per heavy atom. The summed E-state index contributed by atoms with van der Waals surface area (Å²) in [6, 6.07) is 0. The minimum absolute atomic E-state index is 1.15. The van der Waals surface area contributed by atoms with Gasteiger partial charge in [-0.1, -0.05) is 5.16 Å². The topological polar surface area (TPSA) is 34.0 Å². The summed E-state index contributed by atoms with van der Waals surface area (Å²) in [7, 11) is 1.43. The van der Waals surface area contributed by atoms with Gasteiger partial charge >= 0.3 is 0 Å². The van der Waals surface area contributed by atoms with E-state index < -0.39 is 0 Å². The Balaban J connectivity index is 2.94. The van der Waals surface area contributed by atoms with E-state index in [2.05, 4.69) is 26.8 Å². The fraction of sp³-hybridized carbons (Fsp3) is 0.500. The molecule has 0 aliphatic heterocycles. The lowest BCUT2D eigenvalue weighted by atomic mass is 11.4. The predicted molar refractivity (Wildman–Crippen MR) is 25.3 cm³/mol. The summed E-state index contributed by atoms with van der Waals surface area (Å²) in [5, 5.41) is 3.19. The first-order valence-corrected chi connectivity index (χ1v) is 1.65. The zero-order valence-electron chi connectivity index (χ0n) is 3.29. The maximum absolute atomic E-state index is 4.19. The number of rotatable bonds is 2. The van der Waals surface area contributed by atoms with E-state index in [0.717, 1.165) is 6.34 Å². The van der Waals surface area contributed by atoms with Gasteiger partial charge in [0.15, 0.2) is 6.34 Å². The molecule has 0 radical (unpaired) electrons. The van der Waals surface area contributed by atoms with Gasteiger partial charge in [0, 0.05) is 12.4 Å². The van der Waals surface area contributed by atoms with Crippen LogP contribution in [0, 0.1) is 0 Å². The van der Waals surface area contributed by atoms with E-state index in [1.807, 2.05) is 0 Å². The zero-order chi connectivity index (χ0) is 4.83. The van der Waals surface area contributed by atoms with Crippen molar-refractivity contribution in [1.82, 2.24) is 0 Å². The Bertz CT molecular complexity index is 62.6. The molecule has 0 aromatic rings. The summed E-state index contributed by atoms with van der Waals surface area (Å²) in [6.45, 7) is 0. The molecule has 0 saturated carbocycles. The Hall–Kier alpha value is -0.510. The highest BCUT2D eigenvalue weighted by Crippen LogP contribution is 1.60. The summed E-state index contributed by atoms with van der Waals surface area (Å²) in [6.07, 6.45) is 1.15. The van der Waals surface area contributed by atoms with Crippen LogP contribution in [0.4, 0.5) is 0 Å². The largest absolute Gasteiger partial charge is 0.398 e. The average Bonchev–Trinajstić information content (AvgIpc) is 1.61. The van der Waals surface area contributed by atoms with Crippen molar-refractivity contribution in [2.75, 3.05) is 7.11 Å². The molecule has 0 unspecified atom stereocenters. The highest BCUT2D eigenvalue weighted by molar-refractivity contribution is 7.47. The van der Waals surface area contributed by atoms with E-state index in [9.17, 15) is 0 Å². The van der Waals surface area contributed by atoms with Gasteiger partial charge in [0.25, 0.3) is 0 Å². The molecule has 0 aliphatic rings. The van der Waals surface area contributed by atoms with Gasteiger partial charge in [0.1, 0.15) is 7.11 Å². The van der Waals surface area contributed by atoms with Crippen molar-refractivity contribution in [3.8, 4) is 0 Å². The van der Waals surface area contributed by atoms with Crippen molar-refractivity contribution in [2.24, 2.45) is 9.52 Å². The lowest BCUT2D eigenvalue weighted by Gasteiger charge is -1.75. The predicted octanol–water partition coefficient (Wildman–Crippen LogP) is 0.307. The Morgan fingerprint density at radius 3 is 2.67 bits per heavy atom. The normalized spacial score (nSPS) is 8.83. The summed E-state index contributed by atoms with van der Waals surface area (Å²) in [5.41, 5.74) is 0. The van der Waals surface area contributed by atoms with Gasteiger partial charge in [-0.3, -0.25) is 0 Å². The molecule has 6 heavy (non-hydrogen) atoms. The van der Waals surface area contributed by atoms with E-state index in [0.29, 0.717) is 0 Å². The van der Waals surface area contributed by atoms with Crippen molar-refractivity contribution in [3.05, 3.63) is 0 Å². The van der Waals surface area contributed by atoms with Gasteiger partial charge in [-0.2, -0.15) is 4.36 Å². The van der Waals surface area contributed by atoms with Crippen molar-refractivity contribution < 1.29 is 4.84 Å². The minimum Gasteiger partial charge on any atom is -0.398 e. The molecule has 0 spiro atoms. The number of nitrogens with zero attached hydrogens (tertiary/aromatic N) is 2. The van der Waals surface area contributed by atoms with E-state index in [1.54, 1.807) is 0 Å². The first-order valence-electron chi connectivity index (χ1n) is 1.29. The molecule has 34 valence electrons. The summed E-state index contributed by atoms with van der Waals surface area (Å²) < 4.78 is 3.09. The molecule has 0 saturated heterocycles. The van der Waals surface area contributed by atoms with Gasteiger partial charge < -0.3 is 4.84 Å². The van der Waals surface area contributed by atoms with Crippen LogP contribution in [0.15, 0.2) is 9.52 Å². The molecule has 0 amide bonds. The standard InChI is InChI=1S/C2H4N2OS/c1-5-3-2-4-6/h2H,1H3. The second kappa shape index (κ2) is 4.49. The molecule has 0 bridgehead atoms. The van der Waals surface area contributed by atoms with Crippen molar-refractivity contribution in [1.29, 1.82) is 0 Å². The van der Waals surface area contributed by atoms with Crippen LogP contribution in [0.5, 0.6) is 0 Å². The second-order valence-electron chi connectivity index (χ2n) is 0.509. The van der Waals surface area contributed by atoms with Crippen molar-refractivity contribution in [2.45, 2.75) is 0 Å². The molecule has 0 aromatic carbocycles. The minimum atomic E-state index is 1.15. The zero-order valence-corrected chi connectivity index (χ0v) is 4.10. The van der Waals surface area contributed by atoms with Crippen molar-refractivity contribution >= 4 is 18.8 Å². The molecule has 3 nitrogen and oxygen atoms in total. The lowest BCUT2D eigenvalue weighted by molar-refractivity contribution is 0.215. The average molecular weight is 104 g/mol. The molecule has 0 atom stereocenters. The number of hydrogen-bond donors (Lipinski definition) is 0. The molecular weight excluding hydrogens is 100 g/mol. The highest BCUT2D eigenvalue weighted by atomic mass is 32.1. The molecule has 0 aromatic heterocycles. The van der Waals surface area contributed by atoms with Gasteiger partial charge in [0.2, 0.25) is 0 Å². The van der Waals surface area contributed by atoms with Gasteiger partial charge in [-0.25, -0.2) is 0 Å². The molecule has 0 aliphatic carbocycles. The van der Waals surface area contributed by atoms with Crippen LogP contribution in [-0.2, 0) is 17.3 Å². The quantitative estimate of drug-likeness (QED) is 0.287. The fourth-order valence-electron chi connectivity index (χ4n) is 0.0664. The third-order valence-electron chi connectivity index (χ3n) is 0.200. The maximum atomic E-state index is 4.19. The van der Waals surface area contributed by atoms with Gasteiger partial charge in [-0.15, -0.1) is 0 Å². The third-order valence-corrected chi connectivity index (χ3v) is 0.294. The van der Waals surface area contributed by atoms with E-state index >= 15 is 0 Å². The first-order chi connectivity index (χ1) is 2.91. The third kappa shape index (κ3) is 3.49. The summed E-state index contributed by atoms with van der Waals surface area (Å²) in [5.74, 6) is 0. The number of oxime groups is 1. The molecule has 0 rings (SSSR count). The number of hydrogen-bond acceptors (Lipinski definition) is 3. The molecular formula is C2H4N2OS. The summed E-state index contributed by atoms with van der Waals surface area (Å²) >= 11 is 4.11. The Kier molecular flexibility index (Phi) is 4.11. The SMILES string of the molecule is CON=CN=S. The van der Waals surface area contributed by atoms with E-state index in [-0.39, 0.29) is 0 Å². The Labute approximate surface area is 41.2 Å². The summed E-state index contributed by atoms with van der Waals surface area (Å²) in [4.78, 5) is 4.19. The van der Waals surface area contributed by atoms with E-state index in [1.165, 1.54) is 7.11 Å². The smallest absolute Gasteiger partial charge is 0.168 e. The lowest BCUT2D eigenvalue weighted by Crippen LogP contribution is -1.65. The first kappa shape index (κ1) is 5.49. The molecule has 0 heterocycles. The van der Waals surface area contributed by atoms with Crippen LogP contribution in [-0.4, -0.2) is 13.4 Å². The molecule has 0 fully saturated rings. The van der Waals surface area contributed by atoms with Gasteiger partial charge in [0.05, 0.1) is 0 Å².